The van der Waals surface area contributed by atoms with Gasteiger partial charge in [-0.3, -0.25) is 4.79 Å². The summed E-state index contributed by atoms with van der Waals surface area (Å²) in [7, 11) is 0. The molecule has 2 rings (SSSR count). The fraction of sp³-hybridized carbons (Fsp3) is 0.714. The molecule has 0 bridgehead atoms. The van der Waals surface area contributed by atoms with Gasteiger partial charge in [-0.05, 0) is 12.8 Å². The van der Waals surface area contributed by atoms with E-state index < -0.39 is 0 Å². The number of nitrogens with zero attached hydrogens (tertiary/aromatic N) is 3. The molecule has 1 aliphatic carbocycles. The van der Waals surface area contributed by atoms with Crippen LogP contribution in [0.2, 0.25) is 0 Å². The first-order valence-electron chi connectivity index (χ1n) is 7.40. The van der Waals surface area contributed by atoms with E-state index in [1.165, 1.54) is 6.42 Å². The second kappa shape index (κ2) is 7.40. The number of carbonyl (C=O) groups is 1. The lowest BCUT2D eigenvalue weighted by atomic mass is 9.94. The van der Waals surface area contributed by atoms with Gasteiger partial charge in [0.05, 0.1) is 12.9 Å². The maximum atomic E-state index is 12.6. The number of aliphatic hydroxyl groups excluding tert-OH is 1. The molecule has 20 heavy (non-hydrogen) atoms. The fourth-order valence-electron chi connectivity index (χ4n) is 2.84. The lowest BCUT2D eigenvalue weighted by molar-refractivity contribution is 0.0580. The molecular formula is C14H24N4O2. The first kappa shape index (κ1) is 15.0. The van der Waals surface area contributed by atoms with E-state index in [-0.39, 0.29) is 18.6 Å². The third-order valence-corrected chi connectivity index (χ3v) is 3.86. The van der Waals surface area contributed by atoms with Crippen molar-refractivity contribution < 1.29 is 9.90 Å². The van der Waals surface area contributed by atoms with Crippen LogP contribution in [0.5, 0.6) is 0 Å². The Morgan fingerprint density at radius 1 is 1.45 bits per heavy atom. The van der Waals surface area contributed by atoms with Gasteiger partial charge in [-0.25, -0.2) is 4.98 Å². The van der Waals surface area contributed by atoms with Gasteiger partial charge in [-0.15, -0.1) is 0 Å². The molecular weight excluding hydrogens is 256 g/mol. The summed E-state index contributed by atoms with van der Waals surface area (Å²) < 4.78 is 1.82. The summed E-state index contributed by atoms with van der Waals surface area (Å²) in [5.41, 5.74) is 5.94. The molecule has 0 unspecified atom stereocenters. The molecule has 1 amide bonds. The number of aromatic nitrogens is 2. The zero-order valence-corrected chi connectivity index (χ0v) is 11.9. The maximum Gasteiger partial charge on any atom is 0.274 e. The van der Waals surface area contributed by atoms with E-state index in [2.05, 4.69) is 4.98 Å². The van der Waals surface area contributed by atoms with Crippen molar-refractivity contribution in [1.82, 2.24) is 14.5 Å². The van der Waals surface area contributed by atoms with E-state index in [0.29, 0.717) is 25.3 Å². The zero-order valence-electron chi connectivity index (χ0n) is 11.9. The van der Waals surface area contributed by atoms with Gasteiger partial charge in [0.25, 0.3) is 5.91 Å². The third kappa shape index (κ3) is 3.58. The van der Waals surface area contributed by atoms with Crippen molar-refractivity contribution in [3.63, 3.8) is 0 Å². The first-order chi connectivity index (χ1) is 9.76. The predicted octanol–water partition coefficient (Wildman–Crippen LogP) is 0.609. The summed E-state index contributed by atoms with van der Waals surface area (Å²) in [4.78, 5) is 18.5. The molecule has 1 aromatic rings. The molecule has 0 spiro atoms. The molecule has 0 aliphatic heterocycles. The molecule has 1 aliphatic rings. The third-order valence-electron chi connectivity index (χ3n) is 3.86. The minimum atomic E-state index is -0.0817. The molecule has 0 aromatic carbocycles. The predicted molar refractivity (Wildman–Crippen MR) is 76.3 cm³/mol. The second-order valence-electron chi connectivity index (χ2n) is 5.30. The molecule has 6 nitrogen and oxygen atoms in total. The van der Waals surface area contributed by atoms with Crippen molar-refractivity contribution in [2.45, 2.75) is 44.7 Å². The van der Waals surface area contributed by atoms with Crippen LogP contribution in [0, 0.1) is 0 Å². The molecule has 6 heteroatoms. The second-order valence-corrected chi connectivity index (χ2v) is 5.30. The average Bonchev–Trinajstić information content (AvgIpc) is 2.94. The monoisotopic (exact) mass is 280 g/mol. The number of aliphatic hydroxyl groups is 1. The van der Waals surface area contributed by atoms with Gasteiger partial charge < -0.3 is 20.3 Å². The van der Waals surface area contributed by atoms with E-state index >= 15 is 0 Å². The quantitative estimate of drug-likeness (QED) is 0.799. The highest BCUT2D eigenvalue weighted by atomic mass is 16.3. The van der Waals surface area contributed by atoms with Gasteiger partial charge in [0, 0.05) is 31.9 Å². The number of rotatable bonds is 6. The molecule has 0 saturated heterocycles. The summed E-state index contributed by atoms with van der Waals surface area (Å²) in [5, 5.41) is 9.22. The Kier molecular flexibility index (Phi) is 5.55. The molecule has 1 saturated carbocycles. The molecule has 0 radical (unpaired) electrons. The Morgan fingerprint density at radius 2 is 2.20 bits per heavy atom. The Labute approximate surface area is 119 Å². The lowest BCUT2D eigenvalue weighted by Crippen LogP contribution is -2.43. The van der Waals surface area contributed by atoms with Gasteiger partial charge in [0.1, 0.15) is 5.69 Å². The SMILES string of the molecule is NCCn1cnc(C(=O)N(CCO)C2CCCCC2)c1. The van der Waals surface area contributed by atoms with Crippen molar-refractivity contribution >= 4 is 5.91 Å². The molecule has 1 aromatic heterocycles. The molecule has 1 fully saturated rings. The van der Waals surface area contributed by atoms with E-state index in [0.717, 1.165) is 25.7 Å². The highest BCUT2D eigenvalue weighted by Gasteiger charge is 2.26. The van der Waals surface area contributed by atoms with E-state index in [4.69, 9.17) is 5.73 Å². The minimum Gasteiger partial charge on any atom is -0.395 e. The van der Waals surface area contributed by atoms with Crippen LogP contribution in [-0.4, -0.2) is 51.2 Å². The molecule has 1 heterocycles. The smallest absolute Gasteiger partial charge is 0.274 e. The van der Waals surface area contributed by atoms with Crippen molar-refractivity contribution in [3.05, 3.63) is 18.2 Å². The summed E-state index contributed by atoms with van der Waals surface area (Å²) >= 11 is 0. The van der Waals surface area contributed by atoms with Gasteiger partial charge in [-0.1, -0.05) is 19.3 Å². The van der Waals surface area contributed by atoms with Crippen molar-refractivity contribution in [2.24, 2.45) is 5.73 Å². The summed E-state index contributed by atoms with van der Waals surface area (Å²) in [6.45, 7) is 1.55. The molecule has 0 atom stereocenters. The van der Waals surface area contributed by atoms with Crippen LogP contribution >= 0.6 is 0 Å². The Bertz CT molecular complexity index is 427. The van der Waals surface area contributed by atoms with Crippen LogP contribution in [0.3, 0.4) is 0 Å². The van der Waals surface area contributed by atoms with Crippen LogP contribution in [-0.2, 0) is 6.54 Å². The largest absolute Gasteiger partial charge is 0.395 e. The van der Waals surface area contributed by atoms with E-state index in [9.17, 15) is 9.90 Å². The first-order valence-corrected chi connectivity index (χ1v) is 7.40. The standard InChI is InChI=1S/C14H24N4O2/c15-6-7-17-10-13(16-11-17)14(20)18(8-9-19)12-4-2-1-3-5-12/h10-12,19H,1-9,15H2. The lowest BCUT2D eigenvalue weighted by Gasteiger charge is -2.33. The summed E-state index contributed by atoms with van der Waals surface area (Å²) in [5.74, 6) is -0.0817. The van der Waals surface area contributed by atoms with Gasteiger partial charge >= 0.3 is 0 Å². The highest BCUT2D eigenvalue weighted by molar-refractivity contribution is 5.92. The average molecular weight is 280 g/mol. The summed E-state index contributed by atoms with van der Waals surface area (Å²) in [6, 6.07) is 0.239. The summed E-state index contributed by atoms with van der Waals surface area (Å²) in [6.07, 6.45) is 8.97. The number of hydrogen-bond acceptors (Lipinski definition) is 4. The van der Waals surface area contributed by atoms with Gasteiger partial charge in [0.15, 0.2) is 0 Å². The van der Waals surface area contributed by atoms with Crippen molar-refractivity contribution in [2.75, 3.05) is 19.7 Å². The Morgan fingerprint density at radius 3 is 2.85 bits per heavy atom. The fourth-order valence-corrected chi connectivity index (χ4v) is 2.84. The van der Waals surface area contributed by atoms with Gasteiger partial charge in [0.2, 0.25) is 0 Å². The molecule has 3 N–H and O–H groups in total. The Balaban J connectivity index is 2.08. The van der Waals surface area contributed by atoms with Crippen LogP contribution < -0.4 is 5.73 Å². The van der Waals surface area contributed by atoms with E-state index in [1.54, 1.807) is 17.4 Å². The van der Waals surface area contributed by atoms with Gasteiger partial charge in [-0.2, -0.15) is 0 Å². The van der Waals surface area contributed by atoms with Crippen LogP contribution in [0.15, 0.2) is 12.5 Å². The van der Waals surface area contributed by atoms with Crippen molar-refractivity contribution in [3.8, 4) is 0 Å². The topological polar surface area (TPSA) is 84.4 Å². The highest BCUT2D eigenvalue weighted by Crippen LogP contribution is 2.23. The van der Waals surface area contributed by atoms with Crippen LogP contribution in [0.25, 0.3) is 0 Å². The number of nitrogens with two attached hydrogens (primary N) is 1. The number of imidazole rings is 1. The normalized spacial score (nSPS) is 16.3. The number of hydrogen-bond donors (Lipinski definition) is 2. The van der Waals surface area contributed by atoms with Crippen molar-refractivity contribution in [1.29, 1.82) is 0 Å². The minimum absolute atomic E-state index is 0.00819. The molecule has 112 valence electrons. The van der Waals surface area contributed by atoms with Crippen LogP contribution in [0.4, 0.5) is 0 Å². The number of carbonyl (C=O) groups excluding carboxylic acids is 1. The number of amides is 1. The Hall–Kier alpha value is -1.40. The zero-order chi connectivity index (χ0) is 14.4. The maximum absolute atomic E-state index is 12.6. The van der Waals surface area contributed by atoms with Crippen LogP contribution in [0.1, 0.15) is 42.6 Å². The van der Waals surface area contributed by atoms with E-state index in [1.807, 2.05) is 4.57 Å².